The van der Waals surface area contributed by atoms with Gasteiger partial charge in [-0.15, -0.1) is 0 Å². The molecule has 0 radical (unpaired) electrons. The molecule has 102 valence electrons. The van der Waals surface area contributed by atoms with E-state index in [4.69, 9.17) is 0 Å². The van der Waals surface area contributed by atoms with Crippen LogP contribution in [0.2, 0.25) is 0 Å². The molecule has 1 N–H and O–H groups in total. The second-order valence-electron chi connectivity index (χ2n) is 5.57. The first kappa shape index (κ1) is 16.7. The third kappa shape index (κ3) is 10.6. The second kappa shape index (κ2) is 10.8. The summed E-state index contributed by atoms with van der Waals surface area (Å²) in [6.07, 6.45) is 10.4. The van der Waals surface area contributed by atoms with Gasteiger partial charge in [0.05, 0.1) is 0 Å². The summed E-state index contributed by atoms with van der Waals surface area (Å²) in [5.74, 6) is 0.907. The fourth-order valence-electron chi connectivity index (χ4n) is 2.17. The van der Waals surface area contributed by atoms with Gasteiger partial charge in [-0.3, -0.25) is 0 Å². The number of unbranched alkanes of at least 4 members (excludes halogenated alkanes) is 1. The first-order chi connectivity index (χ1) is 8.10. The Morgan fingerprint density at radius 3 is 2.47 bits per heavy atom. The summed E-state index contributed by atoms with van der Waals surface area (Å²) in [4.78, 5) is 0. The zero-order valence-corrected chi connectivity index (χ0v) is 12.7. The molecule has 0 bridgehead atoms. The molecule has 0 aliphatic carbocycles. The predicted molar refractivity (Wildman–Crippen MR) is 79.4 cm³/mol. The summed E-state index contributed by atoms with van der Waals surface area (Å²) in [5.41, 5.74) is 1.58. The third-order valence-corrected chi connectivity index (χ3v) is 3.34. The molecule has 1 atom stereocenters. The summed E-state index contributed by atoms with van der Waals surface area (Å²) in [6, 6.07) is 0.608. The van der Waals surface area contributed by atoms with Crippen molar-refractivity contribution in [3.05, 3.63) is 11.6 Å². The Labute approximate surface area is 109 Å². The Hall–Kier alpha value is -0.300. The van der Waals surface area contributed by atoms with Crippen molar-refractivity contribution in [1.82, 2.24) is 5.32 Å². The molecule has 0 aliphatic rings. The largest absolute Gasteiger partial charge is 0.314 e. The number of hydrogen-bond acceptors (Lipinski definition) is 1. The van der Waals surface area contributed by atoms with Crippen LogP contribution in [-0.4, -0.2) is 12.6 Å². The van der Waals surface area contributed by atoms with Crippen LogP contribution in [0.1, 0.15) is 73.1 Å². The molecule has 0 saturated carbocycles. The maximum atomic E-state index is 3.46. The van der Waals surface area contributed by atoms with Crippen molar-refractivity contribution in [1.29, 1.82) is 0 Å². The predicted octanol–water partition coefficient (Wildman–Crippen LogP) is 4.93. The molecule has 0 aromatic rings. The Bertz CT molecular complexity index is 194. The third-order valence-electron chi connectivity index (χ3n) is 3.34. The van der Waals surface area contributed by atoms with E-state index in [2.05, 4.69) is 46.0 Å². The van der Waals surface area contributed by atoms with Gasteiger partial charge in [-0.05, 0) is 32.2 Å². The Morgan fingerprint density at radius 1 is 1.24 bits per heavy atom. The van der Waals surface area contributed by atoms with E-state index in [0.29, 0.717) is 6.04 Å². The van der Waals surface area contributed by atoms with E-state index < -0.39 is 0 Å². The van der Waals surface area contributed by atoms with E-state index in [0.717, 1.165) is 12.5 Å². The van der Waals surface area contributed by atoms with Gasteiger partial charge in [-0.1, -0.05) is 65.0 Å². The number of hydrogen-bond donors (Lipinski definition) is 1. The van der Waals surface area contributed by atoms with Crippen LogP contribution in [0, 0.1) is 5.92 Å². The van der Waals surface area contributed by atoms with E-state index in [9.17, 15) is 0 Å². The lowest BCUT2D eigenvalue weighted by Gasteiger charge is -2.14. The van der Waals surface area contributed by atoms with E-state index in [1.807, 2.05) is 0 Å². The van der Waals surface area contributed by atoms with Gasteiger partial charge in [0.2, 0.25) is 0 Å². The normalized spacial score (nSPS) is 14.4. The maximum absolute atomic E-state index is 3.46. The standard InChI is InChI=1S/C16H33N/c1-6-8-11-16(7-2)13-15(5)10-9-12-17-14(3)4/h10,14,16-17H,6-9,11-13H2,1-5H3. The van der Waals surface area contributed by atoms with Crippen molar-refractivity contribution in [2.45, 2.75) is 79.2 Å². The number of allylic oxidation sites excluding steroid dienone is 1. The topological polar surface area (TPSA) is 12.0 Å². The van der Waals surface area contributed by atoms with Gasteiger partial charge in [-0.2, -0.15) is 0 Å². The highest BCUT2D eigenvalue weighted by Gasteiger charge is 2.06. The highest BCUT2D eigenvalue weighted by atomic mass is 14.9. The van der Waals surface area contributed by atoms with Crippen molar-refractivity contribution in [2.24, 2.45) is 5.92 Å². The van der Waals surface area contributed by atoms with Gasteiger partial charge in [0.15, 0.2) is 0 Å². The smallest absolute Gasteiger partial charge is 0.00105 e. The molecule has 0 heterocycles. The van der Waals surface area contributed by atoms with Crippen molar-refractivity contribution < 1.29 is 0 Å². The lowest BCUT2D eigenvalue weighted by Crippen LogP contribution is -2.23. The van der Waals surface area contributed by atoms with Crippen molar-refractivity contribution in [2.75, 3.05) is 6.54 Å². The lowest BCUT2D eigenvalue weighted by atomic mass is 9.92. The van der Waals surface area contributed by atoms with Crippen LogP contribution < -0.4 is 5.32 Å². The first-order valence-corrected chi connectivity index (χ1v) is 7.49. The number of nitrogens with one attached hydrogen (secondary N) is 1. The molecule has 17 heavy (non-hydrogen) atoms. The van der Waals surface area contributed by atoms with E-state index in [1.54, 1.807) is 5.57 Å². The minimum Gasteiger partial charge on any atom is -0.314 e. The molecule has 0 aliphatic heterocycles. The summed E-state index contributed by atoms with van der Waals surface area (Å²) in [7, 11) is 0. The monoisotopic (exact) mass is 239 g/mol. The summed E-state index contributed by atoms with van der Waals surface area (Å²) < 4.78 is 0. The molecule has 1 heteroatoms. The van der Waals surface area contributed by atoms with Crippen LogP contribution in [0.25, 0.3) is 0 Å². The summed E-state index contributed by atoms with van der Waals surface area (Å²) in [6.45, 7) is 12.4. The minimum atomic E-state index is 0.608. The average molecular weight is 239 g/mol. The first-order valence-electron chi connectivity index (χ1n) is 7.49. The highest BCUT2D eigenvalue weighted by molar-refractivity contribution is 4.99. The lowest BCUT2D eigenvalue weighted by molar-refractivity contribution is 0.447. The Balaban J connectivity index is 3.78. The molecule has 0 amide bonds. The highest BCUT2D eigenvalue weighted by Crippen LogP contribution is 2.21. The van der Waals surface area contributed by atoms with E-state index in [1.165, 1.54) is 38.5 Å². The second-order valence-corrected chi connectivity index (χ2v) is 5.57. The van der Waals surface area contributed by atoms with Gasteiger partial charge in [-0.25, -0.2) is 0 Å². The van der Waals surface area contributed by atoms with Crippen LogP contribution in [0.5, 0.6) is 0 Å². The molecule has 0 saturated heterocycles. The molecule has 1 unspecified atom stereocenters. The van der Waals surface area contributed by atoms with Gasteiger partial charge in [0.25, 0.3) is 0 Å². The molecule has 0 rings (SSSR count). The maximum Gasteiger partial charge on any atom is 0.00105 e. The number of rotatable bonds is 10. The Morgan fingerprint density at radius 2 is 1.94 bits per heavy atom. The van der Waals surface area contributed by atoms with Crippen LogP contribution in [0.4, 0.5) is 0 Å². The van der Waals surface area contributed by atoms with Crippen LogP contribution in [-0.2, 0) is 0 Å². The SMILES string of the molecule is CCCCC(CC)CC(C)=CCCNC(C)C. The summed E-state index contributed by atoms with van der Waals surface area (Å²) >= 11 is 0. The average Bonchev–Trinajstić information content (AvgIpc) is 2.29. The summed E-state index contributed by atoms with van der Waals surface area (Å²) in [5, 5.41) is 3.46. The molecular formula is C16H33N. The molecule has 0 aromatic carbocycles. The zero-order valence-electron chi connectivity index (χ0n) is 12.7. The molecule has 0 aromatic heterocycles. The van der Waals surface area contributed by atoms with Crippen LogP contribution in [0.15, 0.2) is 11.6 Å². The van der Waals surface area contributed by atoms with Gasteiger partial charge < -0.3 is 5.32 Å². The van der Waals surface area contributed by atoms with Gasteiger partial charge in [0, 0.05) is 6.04 Å². The van der Waals surface area contributed by atoms with Crippen molar-refractivity contribution in [3.8, 4) is 0 Å². The molecule has 0 fully saturated rings. The van der Waals surface area contributed by atoms with Gasteiger partial charge >= 0.3 is 0 Å². The van der Waals surface area contributed by atoms with Crippen LogP contribution in [0.3, 0.4) is 0 Å². The minimum absolute atomic E-state index is 0.608. The van der Waals surface area contributed by atoms with Crippen molar-refractivity contribution >= 4 is 0 Å². The van der Waals surface area contributed by atoms with Gasteiger partial charge in [0.1, 0.15) is 0 Å². The van der Waals surface area contributed by atoms with Crippen LogP contribution >= 0.6 is 0 Å². The zero-order chi connectivity index (χ0) is 13.1. The van der Waals surface area contributed by atoms with Crippen molar-refractivity contribution in [3.63, 3.8) is 0 Å². The fraction of sp³-hybridized carbons (Fsp3) is 0.875. The molecule has 1 nitrogen and oxygen atoms in total. The fourth-order valence-corrected chi connectivity index (χ4v) is 2.17. The molecule has 0 spiro atoms. The van der Waals surface area contributed by atoms with E-state index in [-0.39, 0.29) is 0 Å². The quantitative estimate of drug-likeness (QED) is 0.421. The Kier molecular flexibility index (Phi) is 10.6. The molecular weight excluding hydrogens is 206 g/mol. The van der Waals surface area contributed by atoms with E-state index >= 15 is 0 Å².